The minimum atomic E-state index is -0.100. The number of aryl methyl sites for hydroxylation is 2. The SMILES string of the molecule is CN(CC1CCn2ccnc2C1)C(=O)Nc1cnn(C)c1. The molecule has 7 nitrogen and oxygen atoms in total. The molecule has 3 heterocycles. The average Bonchev–Trinajstić information content (AvgIpc) is 3.07. The van der Waals surface area contributed by atoms with Gasteiger partial charge in [0.2, 0.25) is 0 Å². The fourth-order valence-corrected chi connectivity index (χ4v) is 2.75. The Morgan fingerprint density at radius 3 is 3.19 bits per heavy atom. The van der Waals surface area contributed by atoms with Gasteiger partial charge in [-0.3, -0.25) is 4.68 Å². The number of rotatable bonds is 3. The molecule has 0 saturated carbocycles. The summed E-state index contributed by atoms with van der Waals surface area (Å²) in [6.07, 6.45) is 9.29. The number of aromatic nitrogens is 4. The predicted molar refractivity (Wildman–Crippen MR) is 78.9 cm³/mol. The Labute approximate surface area is 123 Å². The molecule has 1 unspecified atom stereocenters. The lowest BCUT2D eigenvalue weighted by atomic mass is 9.97. The Balaban J connectivity index is 1.54. The number of hydrogen-bond donors (Lipinski definition) is 1. The minimum Gasteiger partial charge on any atom is -0.335 e. The van der Waals surface area contributed by atoms with E-state index in [0.29, 0.717) is 11.6 Å². The van der Waals surface area contributed by atoms with Crippen molar-refractivity contribution in [1.82, 2.24) is 24.2 Å². The molecule has 1 aliphatic heterocycles. The predicted octanol–water partition coefficient (Wildman–Crippen LogP) is 1.34. The summed E-state index contributed by atoms with van der Waals surface area (Å²) in [7, 11) is 3.65. The van der Waals surface area contributed by atoms with Crippen LogP contribution in [0.1, 0.15) is 12.2 Å². The van der Waals surface area contributed by atoms with Crippen LogP contribution in [0.25, 0.3) is 0 Å². The molecule has 0 bridgehead atoms. The van der Waals surface area contributed by atoms with Crippen LogP contribution in [0.2, 0.25) is 0 Å². The second-order valence-electron chi connectivity index (χ2n) is 5.61. The van der Waals surface area contributed by atoms with E-state index >= 15 is 0 Å². The van der Waals surface area contributed by atoms with Gasteiger partial charge >= 0.3 is 6.03 Å². The summed E-state index contributed by atoms with van der Waals surface area (Å²) < 4.78 is 3.85. The largest absolute Gasteiger partial charge is 0.335 e. The van der Waals surface area contributed by atoms with Crippen molar-refractivity contribution in [2.24, 2.45) is 13.0 Å². The third kappa shape index (κ3) is 3.07. The Morgan fingerprint density at radius 1 is 1.57 bits per heavy atom. The molecule has 2 aromatic rings. The maximum atomic E-state index is 12.1. The van der Waals surface area contributed by atoms with E-state index in [1.165, 1.54) is 0 Å². The van der Waals surface area contributed by atoms with Crippen LogP contribution < -0.4 is 5.32 Å². The summed E-state index contributed by atoms with van der Waals surface area (Å²) >= 11 is 0. The second kappa shape index (κ2) is 5.59. The van der Waals surface area contributed by atoms with Crippen molar-refractivity contribution < 1.29 is 4.79 Å². The smallest absolute Gasteiger partial charge is 0.321 e. The van der Waals surface area contributed by atoms with Gasteiger partial charge in [-0.05, 0) is 12.3 Å². The zero-order chi connectivity index (χ0) is 14.8. The lowest BCUT2D eigenvalue weighted by Gasteiger charge is -2.27. The molecule has 1 N–H and O–H groups in total. The third-order valence-electron chi connectivity index (χ3n) is 3.89. The number of urea groups is 1. The fourth-order valence-electron chi connectivity index (χ4n) is 2.75. The molecule has 21 heavy (non-hydrogen) atoms. The van der Waals surface area contributed by atoms with Gasteiger partial charge in [-0.2, -0.15) is 5.10 Å². The van der Waals surface area contributed by atoms with Crippen molar-refractivity contribution in [2.75, 3.05) is 18.9 Å². The number of hydrogen-bond acceptors (Lipinski definition) is 3. The van der Waals surface area contributed by atoms with Gasteiger partial charge in [-0.1, -0.05) is 0 Å². The van der Waals surface area contributed by atoms with Crippen LogP contribution in [-0.4, -0.2) is 43.9 Å². The molecule has 0 radical (unpaired) electrons. The van der Waals surface area contributed by atoms with Crippen molar-refractivity contribution in [3.8, 4) is 0 Å². The number of carbonyl (C=O) groups excluding carboxylic acids is 1. The van der Waals surface area contributed by atoms with E-state index in [0.717, 1.165) is 31.8 Å². The number of amides is 2. The zero-order valence-corrected chi connectivity index (χ0v) is 12.4. The van der Waals surface area contributed by atoms with E-state index in [2.05, 4.69) is 20.0 Å². The van der Waals surface area contributed by atoms with Crippen LogP contribution in [-0.2, 0) is 20.0 Å². The lowest BCUT2D eigenvalue weighted by Crippen LogP contribution is -2.37. The third-order valence-corrected chi connectivity index (χ3v) is 3.89. The molecule has 3 rings (SSSR count). The molecule has 7 heteroatoms. The first-order valence-electron chi connectivity index (χ1n) is 7.12. The summed E-state index contributed by atoms with van der Waals surface area (Å²) in [5.41, 5.74) is 0.716. The number of carbonyl (C=O) groups is 1. The van der Waals surface area contributed by atoms with E-state index in [4.69, 9.17) is 0 Å². The molecule has 112 valence electrons. The molecule has 0 spiro atoms. The summed E-state index contributed by atoms with van der Waals surface area (Å²) in [4.78, 5) is 18.2. The van der Waals surface area contributed by atoms with Crippen molar-refractivity contribution in [3.05, 3.63) is 30.6 Å². The van der Waals surface area contributed by atoms with Crippen LogP contribution in [0.5, 0.6) is 0 Å². The average molecular weight is 288 g/mol. The van der Waals surface area contributed by atoms with Crippen molar-refractivity contribution in [3.63, 3.8) is 0 Å². The van der Waals surface area contributed by atoms with Crippen molar-refractivity contribution in [2.45, 2.75) is 19.4 Å². The maximum absolute atomic E-state index is 12.1. The molecule has 2 amide bonds. The van der Waals surface area contributed by atoms with Gasteiger partial charge in [0.1, 0.15) is 5.82 Å². The van der Waals surface area contributed by atoms with Gasteiger partial charge in [-0.25, -0.2) is 9.78 Å². The highest BCUT2D eigenvalue weighted by atomic mass is 16.2. The van der Waals surface area contributed by atoms with E-state index in [-0.39, 0.29) is 6.03 Å². The number of nitrogens with one attached hydrogen (secondary N) is 1. The molecule has 2 aromatic heterocycles. The topological polar surface area (TPSA) is 68.0 Å². The first-order valence-corrected chi connectivity index (χ1v) is 7.12. The van der Waals surface area contributed by atoms with Crippen molar-refractivity contribution >= 4 is 11.7 Å². The van der Waals surface area contributed by atoms with Crippen LogP contribution in [0.15, 0.2) is 24.8 Å². The van der Waals surface area contributed by atoms with E-state index < -0.39 is 0 Å². The fraction of sp³-hybridized carbons (Fsp3) is 0.500. The number of fused-ring (bicyclic) bond motifs is 1. The maximum Gasteiger partial charge on any atom is 0.321 e. The Morgan fingerprint density at radius 2 is 2.43 bits per heavy atom. The Kier molecular flexibility index (Phi) is 3.64. The second-order valence-corrected chi connectivity index (χ2v) is 5.61. The van der Waals surface area contributed by atoms with Crippen LogP contribution >= 0.6 is 0 Å². The van der Waals surface area contributed by atoms with Gasteiger partial charge in [0, 0.05) is 52.2 Å². The Bertz CT molecular complexity index is 631. The molecule has 0 aromatic carbocycles. The minimum absolute atomic E-state index is 0.100. The zero-order valence-electron chi connectivity index (χ0n) is 12.4. The van der Waals surface area contributed by atoms with E-state index in [1.807, 2.05) is 26.5 Å². The molecule has 0 fully saturated rings. The monoisotopic (exact) mass is 288 g/mol. The summed E-state index contributed by atoms with van der Waals surface area (Å²) in [5.74, 6) is 1.58. The highest BCUT2D eigenvalue weighted by Gasteiger charge is 2.22. The van der Waals surface area contributed by atoms with E-state index in [1.54, 1.807) is 22.0 Å². The molecular formula is C14H20N6O. The van der Waals surface area contributed by atoms with Gasteiger partial charge < -0.3 is 14.8 Å². The standard InChI is InChI=1S/C14H20N6O/c1-18(14(21)17-12-8-16-19(2)10-12)9-11-3-5-20-6-4-15-13(20)7-11/h4,6,8,10-11H,3,5,7,9H2,1-2H3,(H,17,21). The summed E-state index contributed by atoms with van der Waals surface area (Å²) in [6.45, 7) is 1.72. The normalized spacial score (nSPS) is 17.3. The summed E-state index contributed by atoms with van der Waals surface area (Å²) in [6, 6.07) is -0.100. The van der Waals surface area contributed by atoms with Gasteiger partial charge in [0.25, 0.3) is 0 Å². The molecule has 1 atom stereocenters. The number of nitrogens with zero attached hydrogens (tertiary/aromatic N) is 5. The van der Waals surface area contributed by atoms with Crippen molar-refractivity contribution in [1.29, 1.82) is 0 Å². The molecular weight excluding hydrogens is 268 g/mol. The molecule has 0 aliphatic carbocycles. The van der Waals surface area contributed by atoms with Gasteiger partial charge in [0.15, 0.2) is 0 Å². The van der Waals surface area contributed by atoms with Crippen LogP contribution in [0, 0.1) is 5.92 Å². The molecule has 1 aliphatic rings. The first kappa shape index (κ1) is 13.7. The number of anilines is 1. The quantitative estimate of drug-likeness (QED) is 0.927. The summed E-state index contributed by atoms with van der Waals surface area (Å²) in [5, 5.41) is 6.89. The van der Waals surface area contributed by atoms with Crippen LogP contribution in [0.3, 0.4) is 0 Å². The van der Waals surface area contributed by atoms with Crippen LogP contribution in [0.4, 0.5) is 10.5 Å². The van der Waals surface area contributed by atoms with Gasteiger partial charge in [0.05, 0.1) is 11.9 Å². The van der Waals surface area contributed by atoms with E-state index in [9.17, 15) is 4.79 Å². The molecule has 0 saturated heterocycles. The lowest BCUT2D eigenvalue weighted by molar-refractivity contribution is 0.207. The Hall–Kier alpha value is -2.31. The van der Waals surface area contributed by atoms with Gasteiger partial charge in [-0.15, -0.1) is 0 Å². The highest BCUT2D eigenvalue weighted by Crippen LogP contribution is 2.20. The highest BCUT2D eigenvalue weighted by molar-refractivity contribution is 5.88. The first-order chi connectivity index (χ1) is 10.1. The number of imidazole rings is 1.